The maximum Gasteiger partial charge on any atom is 0.254 e. The van der Waals surface area contributed by atoms with Crippen LogP contribution in [0.15, 0.2) is 132 Å². The van der Waals surface area contributed by atoms with Crippen LogP contribution in [0.2, 0.25) is 0 Å². The molecule has 46 heavy (non-hydrogen) atoms. The molecular formula is C39H39N3O4. The fourth-order valence-corrected chi connectivity index (χ4v) is 6.74. The average molecular weight is 614 g/mol. The quantitative estimate of drug-likeness (QED) is 0.171. The standard InChI is InChI=1S/C39H39N3O4/c1-2-32-36(38(43)41-33-15-9-10-16-34(33)45-31-13-7-4-8-14-31)35-21-22-39(32,46-35)37(40-30-11-5-3-6-12-30)29-19-17-28(18-20-29)27-42-23-25-44-26-24-42/h3-22,35,37,40H,2,23-27H2,1H3,(H,41,43). The van der Waals surface area contributed by atoms with Crippen LogP contribution in [0, 0.1) is 0 Å². The van der Waals surface area contributed by atoms with Crippen LogP contribution in [-0.4, -0.2) is 48.8 Å². The molecule has 4 aromatic carbocycles. The fraction of sp³-hybridized carbons (Fsp3) is 0.256. The van der Waals surface area contributed by atoms with Crippen molar-refractivity contribution in [1.82, 2.24) is 4.90 Å². The smallest absolute Gasteiger partial charge is 0.254 e. The number of carbonyl (C=O) groups is 1. The predicted octanol–water partition coefficient (Wildman–Crippen LogP) is 7.52. The van der Waals surface area contributed by atoms with Crippen molar-refractivity contribution in [3.63, 3.8) is 0 Å². The van der Waals surface area contributed by atoms with E-state index in [-0.39, 0.29) is 11.9 Å². The number of ether oxygens (including phenoxy) is 3. The lowest BCUT2D eigenvalue weighted by Crippen LogP contribution is -2.40. The van der Waals surface area contributed by atoms with Gasteiger partial charge in [-0.15, -0.1) is 0 Å². The molecule has 0 saturated carbocycles. The van der Waals surface area contributed by atoms with Gasteiger partial charge < -0.3 is 24.8 Å². The number of nitrogens with one attached hydrogen (secondary N) is 2. The summed E-state index contributed by atoms with van der Waals surface area (Å²) in [5, 5.41) is 6.92. The predicted molar refractivity (Wildman–Crippen MR) is 181 cm³/mol. The molecule has 3 unspecified atom stereocenters. The van der Waals surface area contributed by atoms with Crippen LogP contribution in [0.5, 0.6) is 11.5 Å². The zero-order valence-corrected chi connectivity index (χ0v) is 26.0. The summed E-state index contributed by atoms with van der Waals surface area (Å²) in [5.41, 5.74) is 4.75. The Bertz CT molecular complexity index is 1720. The minimum atomic E-state index is -0.826. The molecule has 7 nitrogen and oxygen atoms in total. The number of hydrogen-bond acceptors (Lipinski definition) is 6. The summed E-state index contributed by atoms with van der Waals surface area (Å²) in [6.45, 7) is 6.44. The van der Waals surface area contributed by atoms with Gasteiger partial charge >= 0.3 is 0 Å². The van der Waals surface area contributed by atoms with Crippen molar-refractivity contribution in [3.05, 3.63) is 144 Å². The van der Waals surface area contributed by atoms with E-state index in [0.717, 1.165) is 49.7 Å². The number of hydrogen-bond donors (Lipinski definition) is 2. The Labute approximate surface area is 270 Å². The first kappa shape index (κ1) is 30.0. The number of carbonyl (C=O) groups excluding carboxylic acids is 1. The zero-order chi connectivity index (χ0) is 31.3. The van der Waals surface area contributed by atoms with Crippen molar-refractivity contribution >= 4 is 17.3 Å². The van der Waals surface area contributed by atoms with Gasteiger partial charge in [0.2, 0.25) is 0 Å². The molecule has 1 saturated heterocycles. The van der Waals surface area contributed by atoms with E-state index in [4.69, 9.17) is 14.2 Å². The van der Waals surface area contributed by atoms with Gasteiger partial charge in [-0.1, -0.05) is 85.8 Å². The Kier molecular flexibility index (Phi) is 8.70. The minimum Gasteiger partial charge on any atom is -0.455 e. The molecule has 3 aliphatic rings. The SMILES string of the molecule is CCC1=C(C(=O)Nc2ccccc2Oc2ccccc2)C2C=CC1(C(Nc1ccccc1)c1ccc(CN3CCOCC3)cc1)O2. The van der Waals surface area contributed by atoms with Crippen molar-refractivity contribution in [2.45, 2.75) is 37.6 Å². The summed E-state index contributed by atoms with van der Waals surface area (Å²) < 4.78 is 18.5. The fourth-order valence-electron chi connectivity index (χ4n) is 6.74. The lowest BCUT2D eigenvalue weighted by atomic mass is 9.77. The monoisotopic (exact) mass is 613 g/mol. The van der Waals surface area contributed by atoms with Gasteiger partial charge in [0.05, 0.1) is 30.5 Å². The normalized spacial score (nSPS) is 21.3. The summed E-state index contributed by atoms with van der Waals surface area (Å²) >= 11 is 0. The second-order valence-corrected chi connectivity index (χ2v) is 11.9. The number of para-hydroxylation sites is 4. The third-order valence-corrected chi connectivity index (χ3v) is 8.96. The molecule has 1 amide bonds. The second-order valence-electron chi connectivity index (χ2n) is 11.9. The van der Waals surface area contributed by atoms with Crippen LogP contribution in [0.1, 0.15) is 30.5 Å². The molecule has 7 rings (SSSR count). The molecule has 0 aliphatic carbocycles. The molecule has 234 valence electrons. The van der Waals surface area contributed by atoms with Crippen molar-refractivity contribution in [2.75, 3.05) is 36.9 Å². The average Bonchev–Trinajstić information content (AvgIpc) is 3.68. The minimum absolute atomic E-state index is 0.184. The van der Waals surface area contributed by atoms with Gasteiger partial charge in [-0.3, -0.25) is 9.69 Å². The molecule has 2 bridgehead atoms. The van der Waals surface area contributed by atoms with E-state index in [1.807, 2.05) is 78.9 Å². The number of amides is 1. The first-order chi connectivity index (χ1) is 22.6. The molecule has 0 spiro atoms. The van der Waals surface area contributed by atoms with Gasteiger partial charge in [0.1, 0.15) is 17.5 Å². The Morgan fingerprint density at radius 3 is 2.35 bits per heavy atom. The van der Waals surface area contributed by atoms with Crippen LogP contribution in [0.3, 0.4) is 0 Å². The summed E-state index contributed by atoms with van der Waals surface area (Å²) in [6, 6.07) is 35.8. The van der Waals surface area contributed by atoms with Crippen LogP contribution < -0.4 is 15.4 Å². The van der Waals surface area contributed by atoms with Crippen molar-refractivity contribution < 1.29 is 19.0 Å². The molecule has 4 aromatic rings. The van der Waals surface area contributed by atoms with Gasteiger partial charge in [0.25, 0.3) is 5.91 Å². The maximum absolute atomic E-state index is 14.1. The van der Waals surface area contributed by atoms with Gasteiger partial charge in [-0.25, -0.2) is 0 Å². The van der Waals surface area contributed by atoms with Crippen molar-refractivity contribution in [2.24, 2.45) is 0 Å². The van der Waals surface area contributed by atoms with Crippen LogP contribution in [0.25, 0.3) is 0 Å². The first-order valence-corrected chi connectivity index (χ1v) is 16.1. The van der Waals surface area contributed by atoms with E-state index < -0.39 is 11.7 Å². The van der Waals surface area contributed by atoms with Gasteiger partial charge in [0, 0.05) is 25.3 Å². The molecule has 0 radical (unpaired) electrons. The Balaban J connectivity index is 1.20. The van der Waals surface area contributed by atoms with Crippen LogP contribution in [-0.2, 0) is 20.8 Å². The van der Waals surface area contributed by atoms with E-state index in [9.17, 15) is 4.79 Å². The summed E-state index contributed by atoms with van der Waals surface area (Å²) in [5.74, 6) is 1.10. The first-order valence-electron chi connectivity index (χ1n) is 16.1. The number of rotatable bonds is 11. The van der Waals surface area contributed by atoms with Crippen molar-refractivity contribution in [3.8, 4) is 11.5 Å². The molecule has 0 aromatic heterocycles. The van der Waals surface area contributed by atoms with Gasteiger partial charge in [-0.05, 0) is 65.6 Å². The van der Waals surface area contributed by atoms with Gasteiger partial charge in [0.15, 0.2) is 5.75 Å². The molecule has 7 heteroatoms. The molecule has 3 aliphatic heterocycles. The molecular weight excluding hydrogens is 574 g/mol. The van der Waals surface area contributed by atoms with E-state index in [1.54, 1.807) is 0 Å². The highest BCUT2D eigenvalue weighted by molar-refractivity contribution is 6.07. The third-order valence-electron chi connectivity index (χ3n) is 8.96. The molecule has 1 fully saturated rings. The third kappa shape index (κ3) is 6.09. The zero-order valence-electron chi connectivity index (χ0n) is 26.0. The number of nitrogens with zero attached hydrogens (tertiary/aromatic N) is 1. The molecule has 2 N–H and O–H groups in total. The Morgan fingerprint density at radius 2 is 1.61 bits per heavy atom. The summed E-state index contributed by atoms with van der Waals surface area (Å²) in [7, 11) is 0. The highest BCUT2D eigenvalue weighted by atomic mass is 16.5. The molecule has 3 atom stereocenters. The number of anilines is 2. The molecule has 3 heterocycles. The highest BCUT2D eigenvalue weighted by Gasteiger charge is 2.54. The van der Waals surface area contributed by atoms with Crippen LogP contribution in [0.4, 0.5) is 11.4 Å². The van der Waals surface area contributed by atoms with Gasteiger partial charge in [-0.2, -0.15) is 0 Å². The topological polar surface area (TPSA) is 72.1 Å². The van der Waals surface area contributed by atoms with Crippen LogP contribution >= 0.6 is 0 Å². The lowest BCUT2D eigenvalue weighted by molar-refractivity contribution is -0.113. The summed E-state index contributed by atoms with van der Waals surface area (Å²) in [6.07, 6.45) is 4.38. The number of fused-ring (bicyclic) bond motifs is 2. The van der Waals surface area contributed by atoms with E-state index in [0.29, 0.717) is 29.2 Å². The van der Waals surface area contributed by atoms with Crippen molar-refractivity contribution in [1.29, 1.82) is 0 Å². The maximum atomic E-state index is 14.1. The Hall–Kier alpha value is -4.69. The Morgan fingerprint density at radius 1 is 0.913 bits per heavy atom. The largest absolute Gasteiger partial charge is 0.455 e. The lowest BCUT2D eigenvalue weighted by Gasteiger charge is -2.37. The van der Waals surface area contributed by atoms with E-state index in [1.165, 1.54) is 5.56 Å². The second kappa shape index (κ2) is 13.3. The summed E-state index contributed by atoms with van der Waals surface area (Å²) in [4.78, 5) is 16.5. The van der Waals surface area contributed by atoms with E-state index in [2.05, 4.69) is 64.9 Å². The number of morpholine rings is 1. The highest BCUT2D eigenvalue weighted by Crippen LogP contribution is 2.52. The number of benzene rings is 4. The van der Waals surface area contributed by atoms with E-state index >= 15 is 0 Å².